The van der Waals surface area contributed by atoms with Gasteiger partial charge in [-0.1, -0.05) is 29.8 Å². The van der Waals surface area contributed by atoms with Gasteiger partial charge in [0.25, 0.3) is 0 Å². The largest absolute Gasteiger partial charge is 0.493 e. The highest BCUT2D eigenvalue weighted by atomic mass is 127. The highest BCUT2D eigenvalue weighted by Gasteiger charge is 2.14. The van der Waals surface area contributed by atoms with Crippen molar-refractivity contribution >= 4 is 29.9 Å². The van der Waals surface area contributed by atoms with Gasteiger partial charge in [-0.3, -0.25) is 4.99 Å². The molecule has 0 aliphatic rings. The van der Waals surface area contributed by atoms with Crippen LogP contribution in [0.15, 0.2) is 41.4 Å². The second-order valence-electron chi connectivity index (χ2n) is 6.28. The second kappa shape index (κ2) is 11.6. The number of hydrogen-bond donors (Lipinski definition) is 1. The first kappa shape index (κ1) is 23.9. The number of benzene rings is 2. The van der Waals surface area contributed by atoms with Crippen molar-refractivity contribution in [2.45, 2.75) is 20.0 Å². The van der Waals surface area contributed by atoms with Gasteiger partial charge in [0.05, 0.1) is 21.3 Å². The van der Waals surface area contributed by atoms with E-state index < -0.39 is 0 Å². The molecule has 28 heavy (non-hydrogen) atoms. The minimum absolute atomic E-state index is 0. The number of nitrogens with one attached hydrogen (secondary N) is 1. The number of aliphatic imine (C=N–C) groups is 1. The topological polar surface area (TPSA) is 55.3 Å². The molecule has 7 heteroatoms. The number of halogens is 1. The number of guanidine groups is 1. The molecule has 1 N–H and O–H groups in total. The summed E-state index contributed by atoms with van der Waals surface area (Å²) in [6, 6.07) is 12.4. The van der Waals surface area contributed by atoms with Crippen molar-refractivity contribution in [3.05, 3.63) is 53.1 Å². The lowest BCUT2D eigenvalue weighted by Crippen LogP contribution is -2.38. The Morgan fingerprint density at radius 3 is 2.00 bits per heavy atom. The van der Waals surface area contributed by atoms with Crippen LogP contribution in [0.3, 0.4) is 0 Å². The normalized spacial score (nSPS) is 10.7. The van der Waals surface area contributed by atoms with Crippen LogP contribution in [-0.4, -0.2) is 46.3 Å². The maximum absolute atomic E-state index is 5.42. The summed E-state index contributed by atoms with van der Waals surface area (Å²) >= 11 is 0. The molecule has 0 bridgehead atoms. The number of methoxy groups -OCH3 is 3. The standard InChI is InChI=1S/C21H29N3O3.HI/c1-15-7-9-16(10-8-15)14-24(3)21(22-2)23-13-17-11-18(25-4)20(27-6)19(12-17)26-5;/h7-12H,13-14H2,1-6H3,(H,22,23);1H. The first-order chi connectivity index (χ1) is 13.0. The fraction of sp³-hybridized carbons (Fsp3) is 0.381. The summed E-state index contributed by atoms with van der Waals surface area (Å²) < 4.78 is 16.2. The van der Waals surface area contributed by atoms with Gasteiger partial charge in [0, 0.05) is 27.2 Å². The summed E-state index contributed by atoms with van der Waals surface area (Å²) in [6.45, 7) is 3.45. The average Bonchev–Trinajstić information content (AvgIpc) is 2.69. The molecule has 2 aromatic carbocycles. The lowest BCUT2D eigenvalue weighted by Gasteiger charge is -2.22. The van der Waals surface area contributed by atoms with Crippen molar-refractivity contribution in [3.63, 3.8) is 0 Å². The third-order valence-electron chi connectivity index (χ3n) is 4.29. The Balaban J connectivity index is 0.00000392. The van der Waals surface area contributed by atoms with Crippen molar-refractivity contribution in [2.24, 2.45) is 4.99 Å². The number of ether oxygens (including phenoxy) is 3. The number of hydrogen-bond acceptors (Lipinski definition) is 4. The molecule has 0 aromatic heterocycles. The monoisotopic (exact) mass is 499 g/mol. The molecule has 0 heterocycles. The highest BCUT2D eigenvalue weighted by molar-refractivity contribution is 14.0. The minimum Gasteiger partial charge on any atom is -0.493 e. The Morgan fingerprint density at radius 1 is 0.964 bits per heavy atom. The van der Waals surface area contributed by atoms with Gasteiger partial charge < -0.3 is 24.4 Å². The molecule has 0 fully saturated rings. The lowest BCUT2D eigenvalue weighted by molar-refractivity contribution is 0.323. The third-order valence-corrected chi connectivity index (χ3v) is 4.29. The average molecular weight is 499 g/mol. The molecule has 0 aliphatic heterocycles. The van der Waals surface area contributed by atoms with E-state index in [9.17, 15) is 0 Å². The molecule has 0 amide bonds. The lowest BCUT2D eigenvalue weighted by atomic mass is 10.1. The molecular weight excluding hydrogens is 469 g/mol. The first-order valence-corrected chi connectivity index (χ1v) is 8.78. The smallest absolute Gasteiger partial charge is 0.203 e. The van der Waals surface area contributed by atoms with Crippen LogP contribution >= 0.6 is 24.0 Å². The minimum atomic E-state index is 0. The summed E-state index contributed by atoms with van der Waals surface area (Å²) in [5.74, 6) is 2.67. The molecule has 6 nitrogen and oxygen atoms in total. The maximum atomic E-state index is 5.42. The van der Waals surface area contributed by atoms with Crippen LogP contribution in [0.4, 0.5) is 0 Å². The van der Waals surface area contributed by atoms with Crippen molar-refractivity contribution in [2.75, 3.05) is 35.4 Å². The summed E-state index contributed by atoms with van der Waals surface area (Å²) in [6.07, 6.45) is 0. The Kier molecular flexibility index (Phi) is 9.92. The van der Waals surface area contributed by atoms with Crippen molar-refractivity contribution < 1.29 is 14.2 Å². The number of rotatable bonds is 7. The van der Waals surface area contributed by atoms with E-state index >= 15 is 0 Å². The van der Waals surface area contributed by atoms with Gasteiger partial charge in [-0.15, -0.1) is 24.0 Å². The molecule has 2 rings (SSSR count). The van der Waals surface area contributed by atoms with Crippen LogP contribution in [0, 0.1) is 6.92 Å². The van der Waals surface area contributed by atoms with Gasteiger partial charge in [-0.2, -0.15) is 0 Å². The fourth-order valence-electron chi connectivity index (χ4n) is 2.85. The van der Waals surface area contributed by atoms with Crippen LogP contribution in [0.1, 0.15) is 16.7 Å². The fourth-order valence-corrected chi connectivity index (χ4v) is 2.85. The van der Waals surface area contributed by atoms with Crippen molar-refractivity contribution in [1.29, 1.82) is 0 Å². The predicted molar refractivity (Wildman–Crippen MR) is 124 cm³/mol. The van der Waals surface area contributed by atoms with Gasteiger partial charge in [0.2, 0.25) is 5.75 Å². The number of nitrogens with zero attached hydrogens (tertiary/aromatic N) is 2. The molecule has 154 valence electrons. The molecule has 0 radical (unpaired) electrons. The molecule has 0 spiro atoms. The van der Waals surface area contributed by atoms with E-state index in [-0.39, 0.29) is 24.0 Å². The maximum Gasteiger partial charge on any atom is 0.203 e. The van der Waals surface area contributed by atoms with Gasteiger partial charge in [-0.25, -0.2) is 0 Å². The third kappa shape index (κ3) is 6.19. The van der Waals surface area contributed by atoms with E-state index in [1.165, 1.54) is 11.1 Å². The van der Waals surface area contributed by atoms with Gasteiger partial charge in [0.15, 0.2) is 17.5 Å². The zero-order valence-corrected chi connectivity index (χ0v) is 19.7. The Hall–Kier alpha value is -2.16. The van der Waals surface area contributed by atoms with Crippen molar-refractivity contribution in [1.82, 2.24) is 10.2 Å². The molecule has 0 unspecified atom stereocenters. The molecular formula is C21H30IN3O3. The second-order valence-corrected chi connectivity index (χ2v) is 6.28. The molecule has 0 saturated carbocycles. The predicted octanol–water partition coefficient (Wildman–Crippen LogP) is 3.85. The molecule has 0 saturated heterocycles. The summed E-state index contributed by atoms with van der Waals surface area (Å²) in [7, 11) is 8.62. The molecule has 2 aromatic rings. The van der Waals surface area contributed by atoms with E-state index in [0.717, 1.165) is 18.1 Å². The first-order valence-electron chi connectivity index (χ1n) is 8.78. The van der Waals surface area contributed by atoms with Crippen LogP contribution in [-0.2, 0) is 13.1 Å². The Labute approximate surface area is 184 Å². The summed E-state index contributed by atoms with van der Waals surface area (Å²) in [5.41, 5.74) is 3.50. The van der Waals surface area contributed by atoms with Gasteiger partial charge in [-0.05, 0) is 30.2 Å². The van der Waals surface area contributed by atoms with E-state index in [2.05, 4.69) is 46.4 Å². The van der Waals surface area contributed by atoms with Crippen molar-refractivity contribution in [3.8, 4) is 17.2 Å². The summed E-state index contributed by atoms with van der Waals surface area (Å²) in [5, 5.41) is 3.38. The van der Waals surface area contributed by atoms with Crippen LogP contribution in [0.5, 0.6) is 17.2 Å². The Bertz CT molecular complexity index is 754. The Morgan fingerprint density at radius 2 is 1.54 bits per heavy atom. The molecule has 0 aliphatic carbocycles. The van der Waals surface area contributed by atoms with E-state index in [1.807, 2.05) is 19.2 Å². The summed E-state index contributed by atoms with van der Waals surface area (Å²) in [4.78, 5) is 6.47. The molecule has 0 atom stereocenters. The van der Waals surface area contributed by atoms with E-state index in [1.54, 1.807) is 28.4 Å². The van der Waals surface area contributed by atoms with Crippen LogP contribution in [0.25, 0.3) is 0 Å². The van der Waals surface area contributed by atoms with E-state index in [4.69, 9.17) is 14.2 Å². The van der Waals surface area contributed by atoms with Gasteiger partial charge in [0.1, 0.15) is 0 Å². The highest BCUT2D eigenvalue weighted by Crippen LogP contribution is 2.38. The zero-order chi connectivity index (χ0) is 19.8. The quantitative estimate of drug-likeness (QED) is 0.357. The van der Waals surface area contributed by atoms with Crippen LogP contribution < -0.4 is 19.5 Å². The zero-order valence-electron chi connectivity index (χ0n) is 17.4. The number of aryl methyl sites for hydroxylation is 1. The van der Waals surface area contributed by atoms with Gasteiger partial charge >= 0.3 is 0 Å². The van der Waals surface area contributed by atoms with Crippen LogP contribution in [0.2, 0.25) is 0 Å². The van der Waals surface area contributed by atoms with E-state index in [0.29, 0.717) is 23.8 Å². The SMILES string of the molecule is CN=C(NCc1cc(OC)c(OC)c(OC)c1)N(C)Cc1ccc(C)cc1.I.